The minimum Gasteiger partial charge on any atom is -0.258 e. The first-order valence-electron chi connectivity index (χ1n) is 4.50. The molecule has 2 heterocycles. The summed E-state index contributed by atoms with van der Waals surface area (Å²) in [6.45, 7) is 2.52. The predicted octanol–water partition coefficient (Wildman–Crippen LogP) is 1.32. The Kier molecular flexibility index (Phi) is 3.05. The van der Waals surface area contributed by atoms with E-state index in [1.165, 1.54) is 0 Å². The third-order valence-corrected chi connectivity index (χ3v) is 2.46. The molecule has 0 aliphatic carbocycles. The van der Waals surface area contributed by atoms with E-state index in [1.54, 1.807) is 17.1 Å². The molecule has 0 radical (unpaired) electrons. The number of hydrogen-bond donors (Lipinski definition) is 0. The maximum Gasteiger partial charge on any atom is 0.0932 e. The summed E-state index contributed by atoms with van der Waals surface area (Å²) in [7, 11) is 0. The molecule has 78 valence electrons. The van der Waals surface area contributed by atoms with Crippen molar-refractivity contribution in [2.45, 2.75) is 18.8 Å². The first kappa shape index (κ1) is 10.2. The van der Waals surface area contributed by atoms with Crippen LogP contribution in [0.1, 0.15) is 17.1 Å². The Morgan fingerprint density at radius 1 is 1.27 bits per heavy atom. The molecule has 2 aromatic heterocycles. The highest BCUT2D eigenvalue weighted by Gasteiger charge is 2.01. The van der Waals surface area contributed by atoms with Gasteiger partial charge in [-0.3, -0.25) is 9.97 Å². The van der Waals surface area contributed by atoms with Crippen molar-refractivity contribution in [3.8, 4) is 0 Å². The van der Waals surface area contributed by atoms with E-state index in [0.29, 0.717) is 11.9 Å². The Labute approximate surface area is 95.7 Å². The second kappa shape index (κ2) is 4.48. The van der Waals surface area contributed by atoms with Crippen molar-refractivity contribution < 1.29 is 0 Å². The molecule has 2 aromatic rings. The Hall–Kier alpha value is -1.30. The SMILES string of the molecule is Cc1cnc(Cn2cc(CBr)nn2)cn1. The number of hydrogen-bond acceptors (Lipinski definition) is 4. The van der Waals surface area contributed by atoms with Gasteiger partial charge in [0.2, 0.25) is 0 Å². The average molecular weight is 268 g/mol. The lowest BCUT2D eigenvalue weighted by molar-refractivity contribution is 0.635. The van der Waals surface area contributed by atoms with Crippen LogP contribution in [-0.4, -0.2) is 25.0 Å². The molecule has 0 saturated heterocycles. The molecule has 0 amide bonds. The fourth-order valence-corrected chi connectivity index (χ4v) is 1.40. The van der Waals surface area contributed by atoms with Gasteiger partial charge in [-0.25, -0.2) is 4.68 Å². The molecular formula is C9H10BrN5. The Bertz CT molecular complexity index is 436. The molecule has 2 rings (SSSR count). The zero-order valence-electron chi connectivity index (χ0n) is 8.26. The van der Waals surface area contributed by atoms with Gasteiger partial charge < -0.3 is 0 Å². The minimum absolute atomic E-state index is 0.604. The van der Waals surface area contributed by atoms with Gasteiger partial charge in [-0.05, 0) is 6.92 Å². The van der Waals surface area contributed by atoms with Gasteiger partial charge >= 0.3 is 0 Å². The van der Waals surface area contributed by atoms with Crippen molar-refractivity contribution in [3.63, 3.8) is 0 Å². The molecular weight excluding hydrogens is 258 g/mol. The van der Waals surface area contributed by atoms with E-state index in [-0.39, 0.29) is 0 Å². The molecule has 0 atom stereocenters. The van der Waals surface area contributed by atoms with Crippen LogP contribution < -0.4 is 0 Å². The summed E-state index contributed by atoms with van der Waals surface area (Å²) in [5, 5.41) is 8.65. The standard InChI is InChI=1S/C9H10BrN5/c1-7-3-12-9(4-11-7)6-15-5-8(2-10)13-14-15/h3-5H,2,6H2,1H3. The quantitative estimate of drug-likeness (QED) is 0.788. The molecule has 0 saturated carbocycles. The van der Waals surface area contributed by atoms with Crippen LogP contribution in [0.4, 0.5) is 0 Å². The van der Waals surface area contributed by atoms with E-state index in [2.05, 4.69) is 36.2 Å². The van der Waals surface area contributed by atoms with Gasteiger partial charge in [-0.15, -0.1) is 5.10 Å². The normalized spacial score (nSPS) is 10.5. The minimum atomic E-state index is 0.604. The molecule has 0 aliphatic heterocycles. The highest BCUT2D eigenvalue weighted by atomic mass is 79.9. The van der Waals surface area contributed by atoms with Crippen LogP contribution in [0.25, 0.3) is 0 Å². The highest BCUT2D eigenvalue weighted by molar-refractivity contribution is 9.08. The summed E-state index contributed by atoms with van der Waals surface area (Å²) < 4.78 is 1.75. The summed E-state index contributed by atoms with van der Waals surface area (Å²) in [6.07, 6.45) is 5.39. The average Bonchev–Trinajstić information content (AvgIpc) is 2.69. The molecule has 0 bridgehead atoms. The first-order chi connectivity index (χ1) is 7.28. The van der Waals surface area contributed by atoms with Gasteiger partial charge in [0.25, 0.3) is 0 Å². The van der Waals surface area contributed by atoms with Gasteiger partial charge in [0.1, 0.15) is 0 Å². The number of halogens is 1. The summed E-state index contributed by atoms with van der Waals surface area (Å²) in [5.41, 5.74) is 2.71. The molecule has 0 aromatic carbocycles. The van der Waals surface area contributed by atoms with E-state index >= 15 is 0 Å². The monoisotopic (exact) mass is 267 g/mol. The largest absolute Gasteiger partial charge is 0.258 e. The summed E-state index contributed by atoms with van der Waals surface area (Å²) in [4.78, 5) is 8.41. The lowest BCUT2D eigenvalue weighted by Gasteiger charge is -1.99. The maximum atomic E-state index is 4.25. The van der Waals surface area contributed by atoms with Crippen LogP contribution in [-0.2, 0) is 11.9 Å². The van der Waals surface area contributed by atoms with Crippen molar-refractivity contribution in [2.75, 3.05) is 0 Å². The van der Waals surface area contributed by atoms with Crippen LogP contribution in [0.5, 0.6) is 0 Å². The second-order valence-corrected chi connectivity index (χ2v) is 3.75. The van der Waals surface area contributed by atoms with E-state index in [1.807, 2.05) is 13.1 Å². The van der Waals surface area contributed by atoms with E-state index < -0.39 is 0 Å². The molecule has 6 heteroatoms. The van der Waals surface area contributed by atoms with Crippen LogP contribution >= 0.6 is 15.9 Å². The van der Waals surface area contributed by atoms with Crippen molar-refractivity contribution in [3.05, 3.63) is 35.7 Å². The molecule has 0 aliphatic rings. The molecule has 0 fully saturated rings. The third kappa shape index (κ3) is 2.59. The first-order valence-corrected chi connectivity index (χ1v) is 5.62. The lowest BCUT2D eigenvalue weighted by Crippen LogP contribution is -2.03. The van der Waals surface area contributed by atoms with Crippen molar-refractivity contribution in [1.82, 2.24) is 25.0 Å². The molecule has 15 heavy (non-hydrogen) atoms. The molecule has 0 N–H and O–H groups in total. The Morgan fingerprint density at radius 2 is 2.13 bits per heavy atom. The topological polar surface area (TPSA) is 56.5 Å². The van der Waals surface area contributed by atoms with Gasteiger partial charge in [0.05, 0.1) is 29.8 Å². The van der Waals surface area contributed by atoms with Crippen molar-refractivity contribution >= 4 is 15.9 Å². The summed E-state index contributed by atoms with van der Waals surface area (Å²) >= 11 is 3.32. The Morgan fingerprint density at radius 3 is 2.73 bits per heavy atom. The number of aromatic nitrogens is 5. The zero-order chi connectivity index (χ0) is 10.7. The maximum absolute atomic E-state index is 4.25. The highest BCUT2D eigenvalue weighted by Crippen LogP contribution is 2.02. The zero-order valence-corrected chi connectivity index (χ0v) is 9.85. The third-order valence-electron chi connectivity index (χ3n) is 1.88. The van der Waals surface area contributed by atoms with Crippen LogP contribution in [0.2, 0.25) is 0 Å². The number of nitrogens with zero attached hydrogens (tertiary/aromatic N) is 5. The van der Waals surface area contributed by atoms with E-state index in [9.17, 15) is 0 Å². The number of aryl methyl sites for hydroxylation is 1. The smallest absolute Gasteiger partial charge is 0.0932 e. The van der Waals surface area contributed by atoms with E-state index in [4.69, 9.17) is 0 Å². The molecule has 0 spiro atoms. The van der Waals surface area contributed by atoms with E-state index in [0.717, 1.165) is 17.1 Å². The predicted molar refractivity (Wildman–Crippen MR) is 58.5 cm³/mol. The number of alkyl halides is 1. The molecule has 0 unspecified atom stereocenters. The second-order valence-electron chi connectivity index (χ2n) is 3.19. The van der Waals surface area contributed by atoms with Gasteiger partial charge in [-0.2, -0.15) is 0 Å². The lowest BCUT2D eigenvalue weighted by atomic mass is 10.4. The van der Waals surface area contributed by atoms with Crippen molar-refractivity contribution in [2.24, 2.45) is 0 Å². The summed E-state index contributed by atoms with van der Waals surface area (Å²) in [5.74, 6) is 0. The van der Waals surface area contributed by atoms with Gasteiger partial charge in [-0.1, -0.05) is 21.1 Å². The van der Waals surface area contributed by atoms with Crippen LogP contribution in [0, 0.1) is 6.92 Å². The van der Waals surface area contributed by atoms with Crippen LogP contribution in [0.15, 0.2) is 18.6 Å². The fraction of sp³-hybridized carbons (Fsp3) is 0.333. The van der Waals surface area contributed by atoms with Crippen molar-refractivity contribution in [1.29, 1.82) is 0 Å². The fourth-order valence-electron chi connectivity index (χ4n) is 1.14. The Balaban J connectivity index is 2.11. The van der Waals surface area contributed by atoms with Gasteiger partial charge in [0.15, 0.2) is 0 Å². The van der Waals surface area contributed by atoms with Gasteiger partial charge in [0, 0.05) is 17.7 Å². The van der Waals surface area contributed by atoms with Crippen LogP contribution in [0.3, 0.4) is 0 Å². The summed E-state index contributed by atoms with van der Waals surface area (Å²) in [6, 6.07) is 0. The number of rotatable bonds is 3. The molecule has 5 nitrogen and oxygen atoms in total.